The maximum absolute atomic E-state index is 10.6. The molecule has 1 saturated carbocycles. The molecule has 1 aliphatic rings. The predicted molar refractivity (Wildman–Crippen MR) is 110 cm³/mol. The summed E-state index contributed by atoms with van der Waals surface area (Å²) in [5.41, 5.74) is 9.34. The van der Waals surface area contributed by atoms with E-state index < -0.39 is 6.03 Å². The molecule has 28 heavy (non-hydrogen) atoms. The van der Waals surface area contributed by atoms with Crippen molar-refractivity contribution in [1.82, 2.24) is 5.43 Å². The van der Waals surface area contributed by atoms with Crippen molar-refractivity contribution in [1.29, 1.82) is 0 Å². The summed E-state index contributed by atoms with van der Waals surface area (Å²) < 4.78 is 11.5. The van der Waals surface area contributed by atoms with Gasteiger partial charge >= 0.3 is 6.03 Å². The highest BCUT2D eigenvalue weighted by molar-refractivity contribution is 5.81. The van der Waals surface area contributed by atoms with Crippen molar-refractivity contribution in [3.8, 4) is 11.5 Å². The zero-order valence-electron chi connectivity index (χ0n) is 16.0. The van der Waals surface area contributed by atoms with Gasteiger partial charge in [0.05, 0.1) is 6.21 Å². The number of benzene rings is 2. The van der Waals surface area contributed by atoms with Crippen LogP contribution in [0.2, 0.25) is 0 Å². The van der Waals surface area contributed by atoms with Crippen molar-refractivity contribution >= 4 is 12.2 Å². The Bertz CT molecular complexity index is 784. The molecule has 3 rings (SSSR count). The number of carbonyl (C=O) groups is 1. The summed E-state index contributed by atoms with van der Waals surface area (Å²) in [4.78, 5) is 10.6. The van der Waals surface area contributed by atoms with E-state index in [1.54, 1.807) is 0 Å². The molecule has 0 atom stereocenters. The number of nitrogens with one attached hydrogen (secondary N) is 1. The summed E-state index contributed by atoms with van der Waals surface area (Å²) in [6, 6.07) is 15.2. The van der Waals surface area contributed by atoms with Gasteiger partial charge in [0.1, 0.15) is 24.7 Å². The van der Waals surface area contributed by atoms with E-state index in [9.17, 15) is 4.79 Å². The number of carbonyl (C=O) groups excluding carboxylic acids is 1. The van der Waals surface area contributed by atoms with Crippen molar-refractivity contribution in [2.24, 2.45) is 10.8 Å². The SMILES string of the molecule is NC(=O)N/N=C\c1cccc(OCCOc2ccc(C3CCCCC3)cc2)c1. The van der Waals surface area contributed by atoms with Gasteiger partial charge in [-0.05, 0) is 54.2 Å². The highest BCUT2D eigenvalue weighted by Crippen LogP contribution is 2.33. The van der Waals surface area contributed by atoms with Crippen LogP contribution in [0.15, 0.2) is 53.6 Å². The zero-order valence-corrected chi connectivity index (χ0v) is 16.0. The van der Waals surface area contributed by atoms with E-state index in [-0.39, 0.29) is 0 Å². The summed E-state index contributed by atoms with van der Waals surface area (Å²) in [5.74, 6) is 2.28. The van der Waals surface area contributed by atoms with Gasteiger partial charge in [-0.3, -0.25) is 0 Å². The van der Waals surface area contributed by atoms with E-state index in [0.29, 0.717) is 24.9 Å². The van der Waals surface area contributed by atoms with Gasteiger partial charge in [0.15, 0.2) is 0 Å². The van der Waals surface area contributed by atoms with E-state index in [2.05, 4.69) is 22.7 Å². The molecule has 6 heteroatoms. The summed E-state index contributed by atoms with van der Waals surface area (Å²) in [6.07, 6.45) is 8.16. The van der Waals surface area contributed by atoms with Crippen LogP contribution in [0.5, 0.6) is 11.5 Å². The van der Waals surface area contributed by atoms with Crippen molar-refractivity contribution in [3.63, 3.8) is 0 Å². The summed E-state index contributed by atoms with van der Waals surface area (Å²) in [5, 5.41) is 3.73. The van der Waals surface area contributed by atoms with Crippen LogP contribution < -0.4 is 20.6 Å². The minimum atomic E-state index is -0.701. The normalized spacial score (nSPS) is 14.7. The van der Waals surface area contributed by atoms with Crippen LogP contribution in [-0.4, -0.2) is 25.5 Å². The van der Waals surface area contributed by atoms with Crippen LogP contribution in [0.1, 0.15) is 49.1 Å². The van der Waals surface area contributed by atoms with Gasteiger partial charge in [-0.1, -0.05) is 43.5 Å². The third-order valence-electron chi connectivity index (χ3n) is 4.82. The zero-order chi connectivity index (χ0) is 19.6. The van der Waals surface area contributed by atoms with Gasteiger partial charge in [-0.15, -0.1) is 0 Å². The van der Waals surface area contributed by atoms with Crippen molar-refractivity contribution in [2.45, 2.75) is 38.0 Å². The topological polar surface area (TPSA) is 85.9 Å². The molecule has 0 unspecified atom stereocenters. The predicted octanol–water partition coefficient (Wildman–Crippen LogP) is 4.19. The quantitative estimate of drug-likeness (QED) is 0.408. The standard InChI is InChI=1S/C22H27N3O3/c23-22(26)25-24-16-17-5-4-8-21(15-17)28-14-13-27-20-11-9-19(10-12-20)18-6-2-1-3-7-18/h4-5,8-12,15-16,18H,1-3,6-7,13-14H2,(H3,23,25,26)/b24-16-. The van der Waals surface area contributed by atoms with E-state index in [0.717, 1.165) is 11.3 Å². The lowest BCUT2D eigenvalue weighted by molar-refractivity contribution is 0.217. The Morgan fingerprint density at radius 2 is 1.75 bits per heavy atom. The first-order valence-electron chi connectivity index (χ1n) is 9.75. The molecule has 0 aliphatic heterocycles. The fourth-order valence-electron chi connectivity index (χ4n) is 3.45. The molecule has 0 saturated heterocycles. The van der Waals surface area contributed by atoms with Crippen LogP contribution in [0.25, 0.3) is 0 Å². The van der Waals surface area contributed by atoms with Gasteiger partial charge in [0, 0.05) is 0 Å². The molecule has 1 fully saturated rings. The lowest BCUT2D eigenvalue weighted by Crippen LogP contribution is -2.24. The Balaban J connectivity index is 1.41. The summed E-state index contributed by atoms with van der Waals surface area (Å²) in [6.45, 7) is 0.898. The summed E-state index contributed by atoms with van der Waals surface area (Å²) >= 11 is 0. The maximum atomic E-state index is 10.6. The van der Waals surface area contributed by atoms with Crippen LogP contribution in [0.3, 0.4) is 0 Å². The van der Waals surface area contributed by atoms with Gasteiger partial charge in [-0.2, -0.15) is 5.10 Å². The molecule has 6 nitrogen and oxygen atoms in total. The van der Waals surface area contributed by atoms with Crippen molar-refractivity contribution < 1.29 is 14.3 Å². The maximum Gasteiger partial charge on any atom is 0.332 e. The molecule has 3 N–H and O–H groups in total. The Morgan fingerprint density at radius 3 is 2.46 bits per heavy atom. The number of hydrogen-bond donors (Lipinski definition) is 2. The van der Waals surface area contributed by atoms with Crippen molar-refractivity contribution in [2.75, 3.05) is 13.2 Å². The Labute approximate surface area is 165 Å². The average molecular weight is 381 g/mol. The number of ether oxygens (including phenoxy) is 2. The molecule has 0 heterocycles. The minimum Gasteiger partial charge on any atom is -0.490 e. The number of rotatable bonds is 8. The van der Waals surface area contributed by atoms with E-state index in [1.807, 2.05) is 36.4 Å². The first-order valence-corrected chi connectivity index (χ1v) is 9.75. The van der Waals surface area contributed by atoms with Crippen LogP contribution >= 0.6 is 0 Å². The van der Waals surface area contributed by atoms with E-state index in [4.69, 9.17) is 15.2 Å². The average Bonchev–Trinajstić information content (AvgIpc) is 2.72. The van der Waals surface area contributed by atoms with Crippen LogP contribution in [0.4, 0.5) is 4.79 Å². The smallest absolute Gasteiger partial charge is 0.332 e. The molecule has 1 aliphatic carbocycles. The third kappa shape index (κ3) is 6.30. The number of hydrogen-bond acceptors (Lipinski definition) is 4. The monoisotopic (exact) mass is 381 g/mol. The number of amides is 2. The molecule has 2 aromatic carbocycles. The van der Waals surface area contributed by atoms with Crippen LogP contribution in [0, 0.1) is 0 Å². The fourth-order valence-corrected chi connectivity index (χ4v) is 3.45. The Kier molecular flexibility index (Phi) is 7.29. The second kappa shape index (κ2) is 10.3. The second-order valence-electron chi connectivity index (χ2n) is 6.91. The molecule has 0 radical (unpaired) electrons. The minimum absolute atomic E-state index is 0.435. The number of nitrogens with two attached hydrogens (primary N) is 1. The third-order valence-corrected chi connectivity index (χ3v) is 4.82. The molecule has 148 valence electrons. The van der Waals surface area contributed by atoms with Gasteiger partial charge in [-0.25, -0.2) is 10.2 Å². The highest BCUT2D eigenvalue weighted by atomic mass is 16.5. The van der Waals surface area contributed by atoms with E-state index >= 15 is 0 Å². The molecule has 2 amide bonds. The molecule has 0 spiro atoms. The Hall–Kier alpha value is -3.02. The Morgan fingerprint density at radius 1 is 1.04 bits per heavy atom. The lowest BCUT2D eigenvalue weighted by atomic mass is 9.84. The largest absolute Gasteiger partial charge is 0.490 e. The lowest BCUT2D eigenvalue weighted by Gasteiger charge is -2.22. The molecule has 0 aromatic heterocycles. The van der Waals surface area contributed by atoms with E-state index in [1.165, 1.54) is 43.9 Å². The second-order valence-corrected chi connectivity index (χ2v) is 6.91. The molecular formula is C22H27N3O3. The van der Waals surface area contributed by atoms with Gasteiger partial charge < -0.3 is 15.2 Å². The van der Waals surface area contributed by atoms with Crippen molar-refractivity contribution in [3.05, 3.63) is 59.7 Å². The number of hydrazone groups is 1. The molecular weight excluding hydrogens is 354 g/mol. The van der Waals surface area contributed by atoms with Crippen LogP contribution in [-0.2, 0) is 0 Å². The highest BCUT2D eigenvalue weighted by Gasteiger charge is 2.15. The number of nitrogens with zero attached hydrogens (tertiary/aromatic N) is 1. The van der Waals surface area contributed by atoms with Gasteiger partial charge in [0.2, 0.25) is 0 Å². The fraction of sp³-hybridized carbons (Fsp3) is 0.364. The summed E-state index contributed by atoms with van der Waals surface area (Å²) in [7, 11) is 0. The molecule has 0 bridgehead atoms. The van der Waals surface area contributed by atoms with Gasteiger partial charge in [0.25, 0.3) is 0 Å². The first kappa shape index (κ1) is 19.7. The number of urea groups is 1. The molecule has 2 aromatic rings. The number of primary amides is 1. The first-order chi connectivity index (χ1) is 13.7.